The van der Waals surface area contributed by atoms with Crippen LogP contribution >= 0.6 is 11.6 Å². The Balaban J connectivity index is 2.31. The van der Waals surface area contributed by atoms with E-state index in [1.165, 1.54) is 0 Å². The lowest BCUT2D eigenvalue weighted by atomic mass is 9.93. The highest BCUT2D eigenvalue weighted by Crippen LogP contribution is 2.37. The Morgan fingerprint density at radius 3 is 2.33 bits per heavy atom. The fourth-order valence-corrected chi connectivity index (χ4v) is 2.23. The summed E-state index contributed by atoms with van der Waals surface area (Å²) in [4.78, 5) is 0. The minimum Gasteiger partial charge on any atom is -0.207 e. The van der Waals surface area contributed by atoms with Gasteiger partial charge in [0.2, 0.25) is 0 Å². The molecule has 0 saturated carbocycles. The minimum atomic E-state index is -0.594. The zero-order valence-electron chi connectivity index (χ0n) is 9.91. The Kier molecular flexibility index (Phi) is 3.97. The highest BCUT2D eigenvalue weighted by atomic mass is 35.5. The van der Waals surface area contributed by atoms with Gasteiger partial charge >= 0.3 is 0 Å². The predicted molar refractivity (Wildman–Crippen MR) is 69.8 cm³/mol. The van der Waals surface area contributed by atoms with E-state index in [1.54, 1.807) is 0 Å². The summed E-state index contributed by atoms with van der Waals surface area (Å²) in [6.07, 6.45) is 0. The third-order valence-electron chi connectivity index (χ3n) is 3.02. The monoisotopic (exact) mass is 266 g/mol. The van der Waals surface area contributed by atoms with Gasteiger partial charge in [-0.15, -0.1) is 11.6 Å². The average molecular weight is 267 g/mol. The van der Waals surface area contributed by atoms with Gasteiger partial charge in [0.05, 0.1) is 5.38 Å². The molecule has 0 heterocycles. The Bertz CT molecular complexity index is 525. The zero-order chi connectivity index (χ0) is 13.1. The van der Waals surface area contributed by atoms with Gasteiger partial charge in [0.25, 0.3) is 0 Å². The van der Waals surface area contributed by atoms with E-state index in [9.17, 15) is 8.78 Å². The van der Waals surface area contributed by atoms with Crippen LogP contribution in [0.15, 0.2) is 48.5 Å². The van der Waals surface area contributed by atoms with Crippen molar-refractivity contribution in [1.29, 1.82) is 0 Å². The standard InChI is InChI=1S/C15H13ClF2/c1-10(11-5-3-2-4-6-11)15(16)13-9-12(17)7-8-14(13)18/h2-10,15H,1H3. The molecule has 0 saturated heterocycles. The van der Waals surface area contributed by atoms with Gasteiger partial charge in [0.15, 0.2) is 0 Å². The van der Waals surface area contributed by atoms with Crippen molar-refractivity contribution in [2.45, 2.75) is 18.2 Å². The first kappa shape index (κ1) is 13.0. The molecule has 0 N–H and O–H groups in total. The molecule has 0 radical (unpaired) electrons. The molecule has 2 aromatic rings. The molecule has 0 bridgehead atoms. The maximum absolute atomic E-state index is 13.6. The van der Waals surface area contributed by atoms with Crippen LogP contribution in [0.1, 0.15) is 29.3 Å². The second-order valence-corrected chi connectivity index (χ2v) is 4.74. The van der Waals surface area contributed by atoms with E-state index in [0.717, 1.165) is 23.8 Å². The minimum absolute atomic E-state index is 0.0934. The van der Waals surface area contributed by atoms with E-state index in [0.29, 0.717) is 0 Å². The molecule has 0 amide bonds. The first-order valence-corrected chi connectivity index (χ1v) is 6.17. The molecule has 0 aliphatic heterocycles. The lowest BCUT2D eigenvalue weighted by Gasteiger charge is -2.19. The van der Waals surface area contributed by atoms with Crippen molar-refractivity contribution in [3.63, 3.8) is 0 Å². The van der Waals surface area contributed by atoms with Crippen molar-refractivity contribution in [2.75, 3.05) is 0 Å². The molecule has 0 aliphatic rings. The zero-order valence-corrected chi connectivity index (χ0v) is 10.7. The third kappa shape index (κ3) is 2.70. The van der Waals surface area contributed by atoms with E-state index < -0.39 is 17.0 Å². The summed E-state index contributed by atoms with van der Waals surface area (Å²) in [5, 5.41) is -0.594. The molecule has 0 spiro atoms. The fourth-order valence-electron chi connectivity index (χ4n) is 1.92. The highest BCUT2D eigenvalue weighted by Gasteiger charge is 2.21. The summed E-state index contributed by atoms with van der Waals surface area (Å²) in [5.74, 6) is -1.04. The van der Waals surface area contributed by atoms with Crippen LogP contribution in [0.5, 0.6) is 0 Å². The predicted octanol–water partition coefficient (Wildman–Crippen LogP) is 5.05. The van der Waals surface area contributed by atoms with Crippen molar-refractivity contribution in [2.24, 2.45) is 0 Å². The number of rotatable bonds is 3. The lowest BCUT2D eigenvalue weighted by Crippen LogP contribution is -2.05. The molecule has 2 unspecified atom stereocenters. The van der Waals surface area contributed by atoms with Crippen LogP contribution in [-0.2, 0) is 0 Å². The number of alkyl halides is 1. The second kappa shape index (κ2) is 5.49. The average Bonchev–Trinajstić information content (AvgIpc) is 2.41. The van der Waals surface area contributed by atoms with Crippen molar-refractivity contribution in [3.8, 4) is 0 Å². The summed E-state index contributed by atoms with van der Waals surface area (Å²) in [6.45, 7) is 1.90. The van der Waals surface area contributed by atoms with Crippen molar-refractivity contribution < 1.29 is 8.78 Å². The van der Waals surface area contributed by atoms with E-state index >= 15 is 0 Å². The summed E-state index contributed by atoms with van der Waals surface area (Å²) < 4.78 is 26.8. The van der Waals surface area contributed by atoms with Crippen LogP contribution < -0.4 is 0 Å². The molecular weight excluding hydrogens is 254 g/mol. The van der Waals surface area contributed by atoms with Gasteiger partial charge < -0.3 is 0 Å². The SMILES string of the molecule is CC(c1ccccc1)C(Cl)c1cc(F)ccc1F. The molecule has 2 rings (SSSR count). The lowest BCUT2D eigenvalue weighted by molar-refractivity contribution is 0.571. The van der Waals surface area contributed by atoms with Crippen molar-refractivity contribution >= 4 is 11.6 Å². The smallest absolute Gasteiger partial charge is 0.128 e. The number of halogens is 3. The normalized spacial score (nSPS) is 14.2. The van der Waals surface area contributed by atoms with Gasteiger partial charge in [-0.05, 0) is 23.8 Å². The van der Waals surface area contributed by atoms with E-state index in [2.05, 4.69) is 0 Å². The molecule has 0 nitrogen and oxygen atoms in total. The number of hydrogen-bond donors (Lipinski definition) is 0. The summed E-state index contributed by atoms with van der Waals surface area (Å²) in [7, 11) is 0. The molecule has 2 aromatic carbocycles. The van der Waals surface area contributed by atoms with Crippen LogP contribution in [-0.4, -0.2) is 0 Å². The van der Waals surface area contributed by atoms with Crippen molar-refractivity contribution in [1.82, 2.24) is 0 Å². The van der Waals surface area contributed by atoms with Crippen LogP contribution in [0.2, 0.25) is 0 Å². The molecule has 0 aliphatic carbocycles. The van der Waals surface area contributed by atoms with Gasteiger partial charge in [-0.3, -0.25) is 0 Å². The van der Waals surface area contributed by atoms with Crippen LogP contribution in [0.4, 0.5) is 8.78 Å². The molecular formula is C15H13ClF2. The largest absolute Gasteiger partial charge is 0.207 e. The molecule has 94 valence electrons. The summed E-state index contributed by atoms with van der Waals surface area (Å²) in [6, 6.07) is 12.9. The van der Waals surface area contributed by atoms with E-state index in [1.807, 2.05) is 37.3 Å². The Morgan fingerprint density at radius 2 is 1.67 bits per heavy atom. The molecule has 2 atom stereocenters. The number of hydrogen-bond acceptors (Lipinski definition) is 0. The highest BCUT2D eigenvalue weighted by molar-refractivity contribution is 6.21. The topological polar surface area (TPSA) is 0 Å². The van der Waals surface area contributed by atoms with Gasteiger partial charge in [0, 0.05) is 11.5 Å². The maximum atomic E-state index is 13.6. The molecule has 0 fully saturated rings. The van der Waals surface area contributed by atoms with E-state index in [4.69, 9.17) is 11.6 Å². The number of benzene rings is 2. The Morgan fingerprint density at radius 1 is 1.00 bits per heavy atom. The molecule has 3 heteroatoms. The molecule has 0 aromatic heterocycles. The van der Waals surface area contributed by atoms with Gasteiger partial charge in [0.1, 0.15) is 11.6 Å². The fraction of sp³-hybridized carbons (Fsp3) is 0.200. The van der Waals surface area contributed by atoms with Crippen LogP contribution in [0, 0.1) is 11.6 Å². The summed E-state index contributed by atoms with van der Waals surface area (Å²) >= 11 is 6.26. The van der Waals surface area contributed by atoms with Crippen molar-refractivity contribution in [3.05, 3.63) is 71.3 Å². The Hall–Kier alpha value is -1.41. The maximum Gasteiger partial charge on any atom is 0.128 e. The third-order valence-corrected chi connectivity index (χ3v) is 3.63. The van der Waals surface area contributed by atoms with E-state index in [-0.39, 0.29) is 11.5 Å². The van der Waals surface area contributed by atoms with Gasteiger partial charge in [-0.2, -0.15) is 0 Å². The first-order valence-electron chi connectivity index (χ1n) is 5.73. The Labute approximate surface area is 110 Å². The quantitative estimate of drug-likeness (QED) is 0.682. The van der Waals surface area contributed by atoms with Crippen LogP contribution in [0.25, 0.3) is 0 Å². The van der Waals surface area contributed by atoms with Gasteiger partial charge in [-0.25, -0.2) is 8.78 Å². The van der Waals surface area contributed by atoms with Gasteiger partial charge in [-0.1, -0.05) is 37.3 Å². The summed E-state index contributed by atoms with van der Waals surface area (Å²) in [5.41, 5.74) is 1.20. The molecule has 18 heavy (non-hydrogen) atoms. The second-order valence-electron chi connectivity index (χ2n) is 4.27. The van der Waals surface area contributed by atoms with Crippen LogP contribution in [0.3, 0.4) is 0 Å². The first-order chi connectivity index (χ1) is 8.59.